The highest BCUT2D eigenvalue weighted by molar-refractivity contribution is 7.70. The van der Waals surface area contributed by atoms with E-state index in [1.165, 1.54) is 6.20 Å². The van der Waals surface area contributed by atoms with Gasteiger partial charge in [0.1, 0.15) is 17.9 Å². The summed E-state index contributed by atoms with van der Waals surface area (Å²) in [5.74, 6) is 1.40. The molecule has 0 spiro atoms. The molecule has 0 fully saturated rings. The molecule has 4 N–H and O–H groups in total. The molecule has 0 aliphatic rings. The van der Waals surface area contributed by atoms with Crippen LogP contribution in [0.1, 0.15) is 19.4 Å². The summed E-state index contributed by atoms with van der Waals surface area (Å²) in [7, 11) is -0.885. The molecule has 1 aromatic heterocycles. The van der Waals surface area contributed by atoms with Gasteiger partial charge in [0.2, 0.25) is 5.95 Å². The number of para-hydroxylation sites is 1. The second-order valence-corrected chi connectivity index (χ2v) is 12.1. The van der Waals surface area contributed by atoms with Gasteiger partial charge in [-0.25, -0.2) is 4.98 Å². The Kier molecular flexibility index (Phi) is 7.13. The molecule has 0 bridgehead atoms. The minimum atomic E-state index is -2.50. The lowest BCUT2D eigenvalue weighted by Gasteiger charge is -2.24. The van der Waals surface area contributed by atoms with Crippen LogP contribution in [0.2, 0.25) is 5.02 Å². The first-order valence-electron chi connectivity index (χ1n) is 10.1. The van der Waals surface area contributed by atoms with E-state index in [1.54, 1.807) is 20.4 Å². The van der Waals surface area contributed by atoms with E-state index < -0.39 is 7.14 Å². The van der Waals surface area contributed by atoms with Crippen LogP contribution in [0.5, 0.6) is 5.75 Å². The Bertz CT molecular complexity index is 1160. The standard InChI is InChI=1S/C23H29ClN5O2P/c1-23(2,14-25)15-10-11-17(19(12-15)31-3)28-22-26-13-16(24)21(29-22)27-18-8-6-7-9-20(18)32(4,5)30/h6-13H,14,25H2,1-5H3,(H2,26,27,28,29). The van der Waals surface area contributed by atoms with Gasteiger partial charge in [0.05, 0.1) is 24.7 Å². The fourth-order valence-corrected chi connectivity index (χ4v) is 4.44. The summed E-state index contributed by atoms with van der Waals surface area (Å²) >= 11 is 6.34. The van der Waals surface area contributed by atoms with Gasteiger partial charge in [0.25, 0.3) is 0 Å². The van der Waals surface area contributed by atoms with Crippen molar-refractivity contribution < 1.29 is 9.30 Å². The van der Waals surface area contributed by atoms with E-state index in [4.69, 9.17) is 22.1 Å². The SMILES string of the molecule is COc1cc(C(C)(C)CN)ccc1Nc1ncc(Cl)c(Nc2ccccc2P(C)(C)=O)n1. The van der Waals surface area contributed by atoms with Crippen LogP contribution in [-0.2, 0) is 9.98 Å². The number of hydrogen-bond acceptors (Lipinski definition) is 7. The molecular weight excluding hydrogens is 445 g/mol. The first kappa shape index (κ1) is 24.1. The largest absolute Gasteiger partial charge is 0.495 e. The average molecular weight is 474 g/mol. The summed E-state index contributed by atoms with van der Waals surface area (Å²) in [5.41, 5.74) is 8.21. The molecule has 0 atom stereocenters. The highest BCUT2D eigenvalue weighted by Gasteiger charge is 2.21. The molecule has 3 rings (SSSR count). The van der Waals surface area contributed by atoms with Crippen LogP contribution in [0.3, 0.4) is 0 Å². The number of ether oxygens (including phenoxy) is 1. The highest BCUT2D eigenvalue weighted by Crippen LogP contribution is 2.39. The van der Waals surface area contributed by atoms with E-state index in [2.05, 4.69) is 34.4 Å². The van der Waals surface area contributed by atoms with Crippen molar-refractivity contribution in [3.05, 3.63) is 59.2 Å². The summed E-state index contributed by atoms with van der Waals surface area (Å²) in [4.78, 5) is 8.80. The molecule has 32 heavy (non-hydrogen) atoms. The van der Waals surface area contributed by atoms with Gasteiger partial charge in [0.15, 0.2) is 5.82 Å². The van der Waals surface area contributed by atoms with E-state index in [0.717, 1.165) is 10.9 Å². The average Bonchev–Trinajstić information content (AvgIpc) is 2.76. The number of methoxy groups -OCH3 is 1. The second-order valence-electron chi connectivity index (χ2n) is 8.51. The lowest BCUT2D eigenvalue weighted by Crippen LogP contribution is -2.28. The number of halogens is 1. The highest BCUT2D eigenvalue weighted by atomic mass is 35.5. The van der Waals surface area contributed by atoms with Crippen LogP contribution < -0.4 is 26.4 Å². The summed E-state index contributed by atoms with van der Waals surface area (Å²) < 4.78 is 18.2. The maximum Gasteiger partial charge on any atom is 0.229 e. The Morgan fingerprint density at radius 1 is 1.12 bits per heavy atom. The predicted molar refractivity (Wildman–Crippen MR) is 134 cm³/mol. The molecule has 7 nitrogen and oxygen atoms in total. The zero-order valence-corrected chi connectivity index (χ0v) is 20.6. The van der Waals surface area contributed by atoms with Crippen molar-refractivity contribution >= 4 is 47.2 Å². The summed E-state index contributed by atoms with van der Waals surface area (Å²) in [6.07, 6.45) is 1.51. The molecule has 0 unspecified atom stereocenters. The van der Waals surface area contributed by atoms with Gasteiger partial charge < -0.3 is 25.7 Å². The van der Waals surface area contributed by atoms with Gasteiger partial charge in [0, 0.05) is 17.3 Å². The summed E-state index contributed by atoms with van der Waals surface area (Å²) in [6, 6.07) is 13.3. The van der Waals surface area contributed by atoms with Crippen molar-refractivity contribution in [2.45, 2.75) is 19.3 Å². The summed E-state index contributed by atoms with van der Waals surface area (Å²) in [6.45, 7) is 8.13. The third-order valence-electron chi connectivity index (χ3n) is 5.22. The molecule has 2 aromatic carbocycles. The Hall–Kier alpha value is -2.60. The van der Waals surface area contributed by atoms with Crippen LogP contribution >= 0.6 is 18.7 Å². The Labute approximate surface area is 194 Å². The molecule has 0 aliphatic carbocycles. The number of hydrogen-bond donors (Lipinski definition) is 3. The molecule has 0 aliphatic heterocycles. The van der Waals surface area contributed by atoms with E-state index >= 15 is 0 Å². The topological polar surface area (TPSA) is 102 Å². The quantitative estimate of drug-likeness (QED) is 0.390. The molecule has 170 valence electrons. The van der Waals surface area contributed by atoms with E-state index in [-0.39, 0.29) is 5.41 Å². The lowest BCUT2D eigenvalue weighted by molar-refractivity contribution is 0.414. The zero-order chi connectivity index (χ0) is 23.5. The van der Waals surface area contributed by atoms with Crippen molar-refractivity contribution in [2.75, 3.05) is 37.6 Å². The number of anilines is 4. The van der Waals surface area contributed by atoms with Gasteiger partial charge >= 0.3 is 0 Å². The van der Waals surface area contributed by atoms with Crippen LogP contribution in [-0.4, -0.2) is 37.0 Å². The first-order chi connectivity index (χ1) is 15.0. The molecule has 9 heteroatoms. The molecule has 0 saturated heterocycles. The molecule has 0 amide bonds. The molecule has 1 heterocycles. The number of nitrogens with one attached hydrogen (secondary N) is 2. The van der Waals surface area contributed by atoms with Crippen LogP contribution in [0, 0.1) is 0 Å². The number of nitrogens with two attached hydrogens (primary N) is 1. The summed E-state index contributed by atoms with van der Waals surface area (Å²) in [5, 5.41) is 7.46. The fourth-order valence-electron chi connectivity index (χ4n) is 3.15. The van der Waals surface area contributed by atoms with Crippen molar-refractivity contribution in [2.24, 2.45) is 5.73 Å². The van der Waals surface area contributed by atoms with Gasteiger partial charge in [-0.1, -0.05) is 43.6 Å². The van der Waals surface area contributed by atoms with Crippen molar-refractivity contribution in [1.29, 1.82) is 0 Å². The number of benzene rings is 2. The second kappa shape index (κ2) is 9.49. The maximum atomic E-state index is 12.7. The Balaban J connectivity index is 1.92. The van der Waals surface area contributed by atoms with Gasteiger partial charge in [-0.3, -0.25) is 0 Å². The number of aromatic nitrogens is 2. The van der Waals surface area contributed by atoms with Crippen LogP contribution in [0.4, 0.5) is 23.1 Å². The van der Waals surface area contributed by atoms with Crippen molar-refractivity contribution in [3.8, 4) is 5.75 Å². The normalized spacial score (nSPS) is 11.8. The third-order valence-corrected chi connectivity index (χ3v) is 7.05. The Morgan fingerprint density at radius 3 is 2.50 bits per heavy atom. The van der Waals surface area contributed by atoms with Crippen molar-refractivity contribution in [3.63, 3.8) is 0 Å². The maximum absolute atomic E-state index is 12.7. The fraction of sp³-hybridized carbons (Fsp3) is 0.304. The minimum Gasteiger partial charge on any atom is -0.495 e. The molecule has 3 aromatic rings. The first-order valence-corrected chi connectivity index (χ1v) is 13.1. The molecular formula is C23H29ClN5O2P. The van der Waals surface area contributed by atoms with Gasteiger partial charge in [-0.05, 0) is 43.2 Å². The monoisotopic (exact) mass is 473 g/mol. The lowest BCUT2D eigenvalue weighted by atomic mass is 9.84. The predicted octanol–water partition coefficient (Wildman–Crippen LogP) is 5.11. The van der Waals surface area contributed by atoms with E-state index in [0.29, 0.717) is 40.5 Å². The third kappa shape index (κ3) is 5.41. The van der Waals surface area contributed by atoms with E-state index in [1.807, 2.05) is 42.5 Å². The Morgan fingerprint density at radius 2 is 1.84 bits per heavy atom. The van der Waals surface area contributed by atoms with Gasteiger partial charge in [-0.15, -0.1) is 0 Å². The minimum absolute atomic E-state index is 0.176. The van der Waals surface area contributed by atoms with E-state index in [9.17, 15) is 4.57 Å². The van der Waals surface area contributed by atoms with Gasteiger partial charge in [-0.2, -0.15) is 4.98 Å². The molecule has 0 saturated carbocycles. The zero-order valence-electron chi connectivity index (χ0n) is 18.9. The molecule has 0 radical (unpaired) electrons. The smallest absolute Gasteiger partial charge is 0.229 e. The van der Waals surface area contributed by atoms with Crippen molar-refractivity contribution in [1.82, 2.24) is 9.97 Å². The number of rotatable bonds is 8. The van der Waals surface area contributed by atoms with Crippen LogP contribution in [0.15, 0.2) is 48.7 Å². The number of nitrogens with zero attached hydrogens (tertiary/aromatic N) is 2. The van der Waals surface area contributed by atoms with Crippen LogP contribution in [0.25, 0.3) is 0 Å².